The average Bonchev–Trinajstić information content (AvgIpc) is 2.28. The van der Waals surface area contributed by atoms with Gasteiger partial charge in [0, 0.05) is 5.33 Å². The summed E-state index contributed by atoms with van der Waals surface area (Å²) in [4.78, 5) is 14.7. The van der Waals surface area contributed by atoms with Crippen LogP contribution in [0.1, 0.15) is 23.4 Å². The molecule has 0 unspecified atom stereocenters. The van der Waals surface area contributed by atoms with Crippen molar-refractivity contribution in [1.82, 2.24) is 4.98 Å². The Morgan fingerprint density at radius 1 is 1.56 bits per heavy atom. The number of esters is 1. The monoisotopic (exact) mass is 293 g/mol. The van der Waals surface area contributed by atoms with Crippen molar-refractivity contribution in [3.8, 4) is 0 Å². The van der Waals surface area contributed by atoms with E-state index in [0.717, 1.165) is 0 Å². The Hall–Kier alpha value is -1.04. The molecule has 1 aromatic rings. The first-order chi connectivity index (χ1) is 7.56. The SMILES string of the molecule is COC(=O)Cc1cc(CBr)cc(C(F)F)n1. The van der Waals surface area contributed by atoms with E-state index in [1.165, 1.54) is 13.2 Å². The smallest absolute Gasteiger partial charge is 0.311 e. The lowest BCUT2D eigenvalue weighted by Gasteiger charge is -2.06. The molecule has 0 aliphatic carbocycles. The van der Waals surface area contributed by atoms with E-state index in [4.69, 9.17) is 0 Å². The minimum atomic E-state index is -2.64. The molecule has 0 aliphatic heterocycles. The highest BCUT2D eigenvalue weighted by Gasteiger charge is 2.13. The number of carbonyl (C=O) groups excluding carboxylic acids is 1. The first-order valence-corrected chi connectivity index (χ1v) is 5.59. The van der Waals surface area contributed by atoms with E-state index in [1.807, 2.05) is 0 Å². The molecule has 0 bridgehead atoms. The predicted octanol–water partition coefficient (Wildman–Crippen LogP) is 2.63. The van der Waals surface area contributed by atoms with Crippen LogP contribution in [0.5, 0.6) is 0 Å². The number of hydrogen-bond donors (Lipinski definition) is 0. The summed E-state index contributed by atoms with van der Waals surface area (Å²) in [5, 5.41) is 0.434. The third-order valence-electron chi connectivity index (χ3n) is 1.89. The number of halogens is 3. The number of pyridine rings is 1. The summed E-state index contributed by atoms with van der Waals surface area (Å²) >= 11 is 3.17. The fourth-order valence-corrected chi connectivity index (χ4v) is 1.50. The van der Waals surface area contributed by atoms with Crippen LogP contribution in [0, 0.1) is 0 Å². The van der Waals surface area contributed by atoms with Crippen LogP contribution in [0.2, 0.25) is 0 Å². The quantitative estimate of drug-likeness (QED) is 0.633. The van der Waals surface area contributed by atoms with Crippen molar-refractivity contribution in [2.24, 2.45) is 0 Å². The maximum absolute atomic E-state index is 12.5. The van der Waals surface area contributed by atoms with Crippen molar-refractivity contribution < 1.29 is 18.3 Å². The number of rotatable bonds is 4. The highest BCUT2D eigenvalue weighted by molar-refractivity contribution is 9.08. The molecule has 1 heterocycles. The predicted molar refractivity (Wildman–Crippen MR) is 57.5 cm³/mol. The third-order valence-corrected chi connectivity index (χ3v) is 2.54. The fraction of sp³-hybridized carbons (Fsp3) is 0.400. The molecule has 0 fully saturated rings. The minimum absolute atomic E-state index is 0.100. The van der Waals surface area contributed by atoms with Gasteiger partial charge in [-0.1, -0.05) is 15.9 Å². The zero-order valence-corrected chi connectivity index (χ0v) is 10.1. The van der Waals surface area contributed by atoms with Crippen molar-refractivity contribution in [3.63, 3.8) is 0 Å². The molecule has 16 heavy (non-hydrogen) atoms. The molecule has 0 aromatic carbocycles. The van der Waals surface area contributed by atoms with E-state index in [2.05, 4.69) is 25.7 Å². The van der Waals surface area contributed by atoms with E-state index in [0.29, 0.717) is 16.6 Å². The number of ether oxygens (including phenoxy) is 1. The maximum Gasteiger partial charge on any atom is 0.311 e. The lowest BCUT2D eigenvalue weighted by molar-refractivity contribution is -0.139. The normalized spacial score (nSPS) is 10.6. The number of carbonyl (C=O) groups is 1. The standard InChI is InChI=1S/C10H10BrF2NO2/c1-16-9(15)4-7-2-6(5-11)3-8(14-7)10(12)13/h2-3,10H,4-5H2,1H3. The largest absolute Gasteiger partial charge is 0.469 e. The molecule has 88 valence electrons. The van der Waals surface area contributed by atoms with Crippen molar-refractivity contribution in [2.75, 3.05) is 7.11 Å². The molecule has 6 heteroatoms. The van der Waals surface area contributed by atoms with Gasteiger partial charge in [0.25, 0.3) is 6.43 Å². The topological polar surface area (TPSA) is 39.2 Å². The van der Waals surface area contributed by atoms with E-state index < -0.39 is 12.4 Å². The van der Waals surface area contributed by atoms with Gasteiger partial charge in [-0.2, -0.15) is 0 Å². The number of aromatic nitrogens is 1. The molecule has 0 N–H and O–H groups in total. The van der Waals surface area contributed by atoms with Gasteiger partial charge >= 0.3 is 5.97 Å². The first-order valence-electron chi connectivity index (χ1n) is 4.47. The van der Waals surface area contributed by atoms with E-state index in [-0.39, 0.29) is 12.1 Å². The summed E-state index contributed by atoms with van der Waals surface area (Å²) in [5.74, 6) is -0.501. The van der Waals surface area contributed by atoms with Gasteiger partial charge in [0.15, 0.2) is 0 Å². The lowest BCUT2D eigenvalue weighted by Crippen LogP contribution is -2.08. The van der Waals surface area contributed by atoms with Crippen molar-refractivity contribution in [1.29, 1.82) is 0 Å². The number of alkyl halides is 3. The summed E-state index contributed by atoms with van der Waals surface area (Å²) in [5.41, 5.74) is 0.624. The van der Waals surface area contributed by atoms with Crippen LogP contribution in [0.3, 0.4) is 0 Å². The molecule has 0 amide bonds. The van der Waals surface area contributed by atoms with Gasteiger partial charge in [-0.15, -0.1) is 0 Å². The van der Waals surface area contributed by atoms with Gasteiger partial charge in [0.2, 0.25) is 0 Å². The molecule has 0 radical (unpaired) electrons. The summed E-state index contributed by atoms with van der Waals surface area (Å²) in [6.45, 7) is 0. The molecule has 0 spiro atoms. The highest BCUT2D eigenvalue weighted by atomic mass is 79.9. The first kappa shape index (κ1) is 13.0. The Morgan fingerprint density at radius 2 is 2.25 bits per heavy atom. The molecular formula is C10H10BrF2NO2. The van der Waals surface area contributed by atoms with Gasteiger partial charge in [0.1, 0.15) is 5.69 Å². The Morgan fingerprint density at radius 3 is 2.75 bits per heavy atom. The molecular weight excluding hydrogens is 284 g/mol. The lowest BCUT2D eigenvalue weighted by atomic mass is 10.2. The summed E-state index contributed by atoms with van der Waals surface area (Å²) in [6.07, 6.45) is -2.74. The zero-order valence-electron chi connectivity index (χ0n) is 8.54. The second-order valence-electron chi connectivity index (χ2n) is 3.08. The summed E-state index contributed by atoms with van der Waals surface area (Å²) in [6, 6.07) is 2.90. The molecule has 1 aromatic heterocycles. The summed E-state index contributed by atoms with van der Waals surface area (Å²) < 4.78 is 29.4. The Labute approximate surface area is 99.9 Å². The van der Waals surface area contributed by atoms with Crippen LogP contribution in [-0.2, 0) is 21.3 Å². The van der Waals surface area contributed by atoms with Crippen LogP contribution >= 0.6 is 15.9 Å². The van der Waals surface area contributed by atoms with Gasteiger partial charge in [0.05, 0.1) is 19.2 Å². The Balaban J connectivity index is 2.99. The van der Waals surface area contributed by atoms with Gasteiger partial charge < -0.3 is 4.74 Å². The molecule has 1 rings (SSSR count). The fourth-order valence-electron chi connectivity index (χ4n) is 1.18. The highest BCUT2D eigenvalue weighted by Crippen LogP contribution is 2.20. The number of hydrogen-bond acceptors (Lipinski definition) is 3. The van der Waals surface area contributed by atoms with Crippen LogP contribution in [0.15, 0.2) is 12.1 Å². The summed E-state index contributed by atoms with van der Waals surface area (Å²) in [7, 11) is 1.24. The van der Waals surface area contributed by atoms with Gasteiger partial charge in [-0.05, 0) is 17.7 Å². The van der Waals surface area contributed by atoms with Crippen LogP contribution in [0.25, 0.3) is 0 Å². The van der Waals surface area contributed by atoms with Crippen molar-refractivity contribution in [3.05, 3.63) is 29.1 Å². The van der Waals surface area contributed by atoms with Crippen LogP contribution in [0.4, 0.5) is 8.78 Å². The van der Waals surface area contributed by atoms with Crippen LogP contribution in [-0.4, -0.2) is 18.1 Å². The van der Waals surface area contributed by atoms with Crippen molar-refractivity contribution >= 4 is 21.9 Å². The van der Waals surface area contributed by atoms with E-state index in [1.54, 1.807) is 6.07 Å². The van der Waals surface area contributed by atoms with Crippen molar-refractivity contribution in [2.45, 2.75) is 18.2 Å². The van der Waals surface area contributed by atoms with Gasteiger partial charge in [-0.3, -0.25) is 9.78 Å². The maximum atomic E-state index is 12.5. The Kier molecular flexibility index (Phi) is 4.79. The van der Waals surface area contributed by atoms with E-state index in [9.17, 15) is 13.6 Å². The third kappa shape index (κ3) is 3.52. The van der Waals surface area contributed by atoms with Crippen LogP contribution < -0.4 is 0 Å². The van der Waals surface area contributed by atoms with Gasteiger partial charge in [-0.25, -0.2) is 8.78 Å². The molecule has 0 atom stereocenters. The number of methoxy groups -OCH3 is 1. The molecule has 0 saturated heterocycles. The van der Waals surface area contributed by atoms with E-state index >= 15 is 0 Å². The second kappa shape index (κ2) is 5.89. The number of nitrogens with zero attached hydrogens (tertiary/aromatic N) is 1. The molecule has 3 nitrogen and oxygen atoms in total. The Bertz CT molecular complexity index is 385. The average molecular weight is 294 g/mol. The minimum Gasteiger partial charge on any atom is -0.469 e. The molecule has 0 saturated carbocycles. The zero-order chi connectivity index (χ0) is 12.1. The molecule has 0 aliphatic rings. The second-order valence-corrected chi connectivity index (χ2v) is 3.64.